The van der Waals surface area contributed by atoms with Crippen molar-refractivity contribution in [3.8, 4) is 11.5 Å². The lowest BCUT2D eigenvalue weighted by molar-refractivity contribution is 0.0971. The molecular weight excluding hydrogens is 478 g/mol. The second-order valence-electron chi connectivity index (χ2n) is 10.2. The number of ether oxygens (including phenoxy) is 2. The monoisotopic (exact) mass is 511 g/mol. The fraction of sp³-hybridized carbons (Fsp3) is 0.312. The topological polar surface area (TPSA) is 69.0 Å². The highest BCUT2D eigenvalue weighted by molar-refractivity contribution is 6.10. The van der Waals surface area contributed by atoms with E-state index >= 15 is 0 Å². The van der Waals surface area contributed by atoms with Crippen LogP contribution >= 0.6 is 0 Å². The van der Waals surface area contributed by atoms with Crippen molar-refractivity contribution >= 4 is 22.6 Å². The summed E-state index contributed by atoms with van der Waals surface area (Å²) < 4.78 is 18.2. The van der Waals surface area contributed by atoms with E-state index < -0.39 is 6.04 Å². The number of carbonyl (C=O) groups excluding carboxylic acids is 1. The van der Waals surface area contributed by atoms with Gasteiger partial charge in [0.1, 0.15) is 5.58 Å². The zero-order valence-electron chi connectivity index (χ0n) is 22.5. The predicted molar refractivity (Wildman–Crippen MR) is 150 cm³/mol. The number of nitrogens with zero attached hydrogens (tertiary/aromatic N) is 1. The molecule has 0 saturated carbocycles. The molecule has 1 unspecified atom stereocenters. The standard InChI is InChI=1S/C32H33NO5/c1-6-36-27-18-22(12-13-25(27)37-15-14-19(2)3)29-28-30(34)24-16-20(4)21(5)17-26(24)38-31(28)32(35)33(29)23-10-8-7-9-11-23/h7-13,16-19,29H,6,14-15H2,1-5H3. The SMILES string of the molecule is CCOc1cc(C2c3c(oc4cc(C)c(C)cc4c3=O)C(=O)N2c2ccccc2)ccc1OCCC(C)C. The Balaban J connectivity index is 1.70. The molecule has 0 spiro atoms. The number of amides is 1. The average Bonchev–Trinajstić information content (AvgIpc) is 3.19. The van der Waals surface area contributed by atoms with E-state index in [4.69, 9.17) is 13.9 Å². The van der Waals surface area contributed by atoms with Crippen LogP contribution < -0.4 is 19.8 Å². The summed E-state index contributed by atoms with van der Waals surface area (Å²) in [6, 6.07) is 18.0. The summed E-state index contributed by atoms with van der Waals surface area (Å²) in [5, 5.41) is 0.471. The first-order valence-corrected chi connectivity index (χ1v) is 13.2. The summed E-state index contributed by atoms with van der Waals surface area (Å²) in [6.07, 6.45) is 0.923. The van der Waals surface area contributed by atoms with Gasteiger partial charge in [0.2, 0.25) is 5.76 Å². The highest BCUT2D eigenvalue weighted by Crippen LogP contribution is 2.43. The highest BCUT2D eigenvalue weighted by atomic mass is 16.5. The van der Waals surface area contributed by atoms with Crippen LogP contribution in [0.15, 0.2) is 69.9 Å². The first-order chi connectivity index (χ1) is 18.3. The normalized spacial score (nSPS) is 14.8. The summed E-state index contributed by atoms with van der Waals surface area (Å²) in [5.74, 6) is 1.48. The van der Waals surface area contributed by atoms with E-state index in [0.717, 1.165) is 23.1 Å². The van der Waals surface area contributed by atoms with Gasteiger partial charge >= 0.3 is 0 Å². The minimum Gasteiger partial charge on any atom is -0.490 e. The van der Waals surface area contributed by atoms with Gasteiger partial charge in [0.05, 0.1) is 30.2 Å². The summed E-state index contributed by atoms with van der Waals surface area (Å²) in [4.78, 5) is 29.5. The van der Waals surface area contributed by atoms with Gasteiger partial charge in [-0.3, -0.25) is 14.5 Å². The molecule has 0 aliphatic carbocycles. The number of benzene rings is 3. The zero-order valence-corrected chi connectivity index (χ0v) is 22.5. The van der Waals surface area contributed by atoms with Gasteiger partial charge in [-0.05, 0) is 86.2 Å². The van der Waals surface area contributed by atoms with Crippen LogP contribution in [0.25, 0.3) is 11.0 Å². The van der Waals surface area contributed by atoms with Crippen LogP contribution in [0.5, 0.6) is 11.5 Å². The van der Waals surface area contributed by atoms with Crippen molar-refractivity contribution in [1.82, 2.24) is 0 Å². The lowest BCUT2D eigenvalue weighted by atomic mass is 9.97. The molecule has 3 aromatic carbocycles. The van der Waals surface area contributed by atoms with Gasteiger partial charge in [0.15, 0.2) is 16.9 Å². The molecule has 6 heteroatoms. The Morgan fingerprint density at radius 3 is 2.37 bits per heavy atom. The molecule has 1 aromatic heterocycles. The van der Waals surface area contributed by atoms with Gasteiger partial charge in [0, 0.05) is 5.69 Å². The second-order valence-corrected chi connectivity index (χ2v) is 10.2. The van der Waals surface area contributed by atoms with Crippen molar-refractivity contribution in [1.29, 1.82) is 0 Å². The minimum atomic E-state index is -0.675. The number of rotatable bonds is 8. The van der Waals surface area contributed by atoms with E-state index in [1.165, 1.54) is 0 Å². The van der Waals surface area contributed by atoms with Crippen molar-refractivity contribution in [2.24, 2.45) is 5.92 Å². The molecule has 1 aliphatic rings. The van der Waals surface area contributed by atoms with Crippen LogP contribution in [-0.2, 0) is 0 Å². The van der Waals surface area contributed by atoms with Crippen LogP contribution in [0.2, 0.25) is 0 Å². The van der Waals surface area contributed by atoms with Crippen LogP contribution in [-0.4, -0.2) is 19.1 Å². The molecule has 0 radical (unpaired) electrons. The summed E-state index contributed by atoms with van der Waals surface area (Å²) in [7, 11) is 0. The van der Waals surface area contributed by atoms with Crippen LogP contribution in [0.3, 0.4) is 0 Å². The first-order valence-electron chi connectivity index (χ1n) is 13.2. The van der Waals surface area contributed by atoms with E-state index in [1.807, 2.05) is 81.4 Å². The Morgan fingerprint density at radius 1 is 0.921 bits per heavy atom. The summed E-state index contributed by atoms with van der Waals surface area (Å²) in [5.41, 5.74) is 3.98. The average molecular weight is 512 g/mol. The number of anilines is 1. The van der Waals surface area contributed by atoms with Gasteiger partial charge in [-0.15, -0.1) is 0 Å². The highest BCUT2D eigenvalue weighted by Gasteiger charge is 2.44. The Labute approximate surface area is 222 Å². The van der Waals surface area contributed by atoms with Gasteiger partial charge in [-0.2, -0.15) is 0 Å². The zero-order chi connectivity index (χ0) is 27.0. The van der Waals surface area contributed by atoms with Crippen LogP contribution in [0.4, 0.5) is 5.69 Å². The fourth-order valence-electron chi connectivity index (χ4n) is 4.89. The largest absolute Gasteiger partial charge is 0.490 e. The van der Waals surface area contributed by atoms with Gasteiger partial charge in [-0.1, -0.05) is 38.1 Å². The molecule has 1 amide bonds. The lowest BCUT2D eigenvalue weighted by Crippen LogP contribution is -2.29. The molecule has 0 N–H and O–H groups in total. The lowest BCUT2D eigenvalue weighted by Gasteiger charge is -2.26. The van der Waals surface area contributed by atoms with E-state index in [2.05, 4.69) is 13.8 Å². The van der Waals surface area contributed by atoms with E-state index in [1.54, 1.807) is 4.90 Å². The minimum absolute atomic E-state index is 0.0785. The number of para-hydroxylation sites is 1. The Kier molecular flexibility index (Phi) is 6.98. The predicted octanol–water partition coefficient (Wildman–Crippen LogP) is 6.98. The number of hydrogen-bond donors (Lipinski definition) is 0. The molecule has 1 atom stereocenters. The van der Waals surface area contributed by atoms with Crippen molar-refractivity contribution < 1.29 is 18.7 Å². The molecule has 5 rings (SSSR count). The van der Waals surface area contributed by atoms with E-state index in [-0.39, 0.29) is 17.1 Å². The third kappa shape index (κ3) is 4.55. The first kappa shape index (κ1) is 25.6. The summed E-state index contributed by atoms with van der Waals surface area (Å²) >= 11 is 0. The van der Waals surface area contributed by atoms with Crippen molar-refractivity contribution in [3.63, 3.8) is 0 Å². The van der Waals surface area contributed by atoms with E-state index in [9.17, 15) is 9.59 Å². The smallest absolute Gasteiger partial charge is 0.295 e. The quantitative estimate of drug-likeness (QED) is 0.255. The fourth-order valence-corrected chi connectivity index (χ4v) is 4.89. The molecule has 38 heavy (non-hydrogen) atoms. The second kappa shape index (κ2) is 10.4. The molecule has 6 nitrogen and oxygen atoms in total. The number of aryl methyl sites for hydroxylation is 2. The Hall–Kier alpha value is -4.06. The molecule has 0 bridgehead atoms. The number of hydrogen-bond acceptors (Lipinski definition) is 5. The van der Waals surface area contributed by atoms with E-state index in [0.29, 0.717) is 52.9 Å². The molecule has 1 aliphatic heterocycles. The maximum Gasteiger partial charge on any atom is 0.295 e. The molecular formula is C32H33NO5. The molecule has 0 fully saturated rings. The van der Waals surface area contributed by atoms with Gasteiger partial charge < -0.3 is 13.9 Å². The molecule has 0 saturated heterocycles. The van der Waals surface area contributed by atoms with Gasteiger partial charge in [0.25, 0.3) is 5.91 Å². The van der Waals surface area contributed by atoms with Gasteiger partial charge in [-0.25, -0.2) is 0 Å². The van der Waals surface area contributed by atoms with Crippen LogP contribution in [0.1, 0.15) is 66.0 Å². The third-order valence-corrected chi connectivity index (χ3v) is 7.06. The Bertz CT molecular complexity index is 1550. The number of carbonyl (C=O) groups is 1. The summed E-state index contributed by atoms with van der Waals surface area (Å²) in [6.45, 7) is 11.2. The maximum atomic E-state index is 14.0. The van der Waals surface area contributed by atoms with Crippen LogP contribution in [0, 0.1) is 19.8 Å². The Morgan fingerprint density at radius 2 is 1.66 bits per heavy atom. The maximum absolute atomic E-state index is 14.0. The molecule has 4 aromatic rings. The third-order valence-electron chi connectivity index (χ3n) is 7.06. The van der Waals surface area contributed by atoms with Crippen molar-refractivity contribution in [3.05, 3.63) is 98.9 Å². The molecule has 196 valence electrons. The van der Waals surface area contributed by atoms with Crippen molar-refractivity contribution in [2.45, 2.75) is 47.1 Å². The molecule has 2 heterocycles. The van der Waals surface area contributed by atoms with Crippen molar-refractivity contribution in [2.75, 3.05) is 18.1 Å². The number of fused-ring (bicyclic) bond motifs is 2.